The summed E-state index contributed by atoms with van der Waals surface area (Å²) in [4.78, 5) is 12.0. The molecule has 0 aliphatic carbocycles. The SMILES string of the molecule is Cc1[nH]nc2c1[C@H](c1ccc(C(F)(F)F)cc1)S[C@@H](C)C(=O)N2. The van der Waals surface area contributed by atoms with Gasteiger partial charge in [0.05, 0.1) is 16.1 Å². The molecule has 1 amide bonds. The van der Waals surface area contributed by atoms with Crippen LogP contribution in [0.3, 0.4) is 0 Å². The summed E-state index contributed by atoms with van der Waals surface area (Å²) >= 11 is 1.39. The summed E-state index contributed by atoms with van der Waals surface area (Å²) < 4.78 is 38.2. The number of nitrogens with one attached hydrogen (secondary N) is 2. The van der Waals surface area contributed by atoms with Gasteiger partial charge in [-0.1, -0.05) is 12.1 Å². The van der Waals surface area contributed by atoms with Gasteiger partial charge in [0, 0.05) is 11.3 Å². The molecule has 23 heavy (non-hydrogen) atoms. The Morgan fingerprint density at radius 2 is 1.87 bits per heavy atom. The fraction of sp³-hybridized carbons (Fsp3) is 0.333. The van der Waals surface area contributed by atoms with Gasteiger partial charge in [0.25, 0.3) is 0 Å². The Balaban J connectivity index is 2.04. The van der Waals surface area contributed by atoms with Gasteiger partial charge in [-0.25, -0.2) is 0 Å². The molecule has 4 nitrogen and oxygen atoms in total. The summed E-state index contributed by atoms with van der Waals surface area (Å²) in [5, 5.41) is 9.05. The number of fused-ring (bicyclic) bond motifs is 1. The molecular formula is C15H14F3N3OS. The molecule has 1 aromatic heterocycles. The first-order valence-electron chi connectivity index (χ1n) is 6.95. The second-order valence-corrected chi connectivity index (χ2v) is 6.83. The largest absolute Gasteiger partial charge is 0.416 e. The van der Waals surface area contributed by atoms with Crippen molar-refractivity contribution in [1.82, 2.24) is 10.2 Å². The number of aromatic amines is 1. The lowest BCUT2D eigenvalue weighted by molar-refractivity contribution is -0.137. The molecule has 8 heteroatoms. The van der Waals surface area contributed by atoms with Crippen LogP contribution >= 0.6 is 11.8 Å². The minimum absolute atomic E-state index is 0.169. The van der Waals surface area contributed by atoms with Gasteiger partial charge in [0.2, 0.25) is 5.91 Å². The molecule has 0 bridgehead atoms. The summed E-state index contributed by atoms with van der Waals surface area (Å²) in [5.74, 6) is 0.270. The van der Waals surface area contributed by atoms with Gasteiger partial charge in [0.15, 0.2) is 5.82 Å². The van der Waals surface area contributed by atoms with Crippen molar-refractivity contribution in [3.63, 3.8) is 0 Å². The number of thioether (sulfide) groups is 1. The number of hydrogen-bond donors (Lipinski definition) is 2. The Morgan fingerprint density at radius 3 is 2.48 bits per heavy atom. The number of H-pyrrole nitrogens is 1. The lowest BCUT2D eigenvalue weighted by atomic mass is 10.0. The third-order valence-corrected chi connectivity index (χ3v) is 5.15. The summed E-state index contributed by atoms with van der Waals surface area (Å²) in [5.41, 5.74) is 1.60. The molecule has 122 valence electrons. The molecule has 0 fully saturated rings. The molecule has 0 radical (unpaired) electrons. The number of nitrogens with zero attached hydrogens (tertiary/aromatic N) is 1. The molecule has 3 rings (SSSR count). The maximum Gasteiger partial charge on any atom is 0.416 e. The number of benzene rings is 1. The van der Waals surface area contributed by atoms with Gasteiger partial charge < -0.3 is 5.32 Å². The van der Waals surface area contributed by atoms with Crippen molar-refractivity contribution >= 4 is 23.5 Å². The number of aryl methyl sites for hydroxylation is 1. The van der Waals surface area contributed by atoms with Crippen LogP contribution in [0.5, 0.6) is 0 Å². The lowest BCUT2D eigenvalue weighted by Crippen LogP contribution is -2.21. The minimum atomic E-state index is -4.36. The van der Waals surface area contributed by atoms with E-state index in [4.69, 9.17) is 0 Å². The maximum atomic E-state index is 12.7. The highest BCUT2D eigenvalue weighted by Crippen LogP contribution is 2.45. The molecule has 2 N–H and O–H groups in total. The number of amides is 1. The third-order valence-electron chi connectivity index (χ3n) is 3.75. The average Bonchev–Trinajstić information content (AvgIpc) is 2.78. The maximum absolute atomic E-state index is 12.7. The van der Waals surface area contributed by atoms with Crippen LogP contribution in [-0.2, 0) is 11.0 Å². The van der Waals surface area contributed by atoms with Crippen molar-refractivity contribution in [1.29, 1.82) is 0 Å². The Hall–Kier alpha value is -1.96. The number of aromatic nitrogens is 2. The van der Waals surface area contributed by atoms with Crippen LogP contribution in [0.4, 0.5) is 19.0 Å². The number of carbonyl (C=O) groups is 1. The monoisotopic (exact) mass is 341 g/mol. The van der Waals surface area contributed by atoms with E-state index in [0.717, 1.165) is 23.4 Å². The minimum Gasteiger partial charge on any atom is -0.308 e. The molecule has 0 unspecified atom stereocenters. The number of alkyl halides is 3. The molecule has 1 aromatic carbocycles. The normalized spacial score (nSPS) is 21.5. The predicted molar refractivity (Wildman–Crippen MR) is 82.3 cm³/mol. The van der Waals surface area contributed by atoms with Gasteiger partial charge in [-0.2, -0.15) is 18.3 Å². The molecule has 2 atom stereocenters. The van der Waals surface area contributed by atoms with Crippen LogP contribution < -0.4 is 5.32 Å². The zero-order chi connectivity index (χ0) is 16.8. The van der Waals surface area contributed by atoms with E-state index in [-0.39, 0.29) is 16.4 Å². The second-order valence-electron chi connectivity index (χ2n) is 5.38. The van der Waals surface area contributed by atoms with Crippen LogP contribution in [0.25, 0.3) is 0 Å². The van der Waals surface area contributed by atoms with Crippen LogP contribution in [0.15, 0.2) is 24.3 Å². The van der Waals surface area contributed by atoms with Crippen molar-refractivity contribution in [3.05, 3.63) is 46.6 Å². The van der Waals surface area contributed by atoms with Crippen molar-refractivity contribution in [2.45, 2.75) is 30.5 Å². The molecule has 2 aromatic rings. The summed E-state index contributed by atoms with van der Waals surface area (Å²) in [6.45, 7) is 3.59. The molecule has 2 heterocycles. The first kappa shape index (κ1) is 15.9. The fourth-order valence-electron chi connectivity index (χ4n) is 2.50. The second kappa shape index (κ2) is 5.59. The Bertz CT molecular complexity index is 739. The van der Waals surface area contributed by atoms with Crippen LogP contribution in [0, 0.1) is 6.92 Å². The molecule has 1 aliphatic rings. The highest BCUT2D eigenvalue weighted by Gasteiger charge is 2.34. The molecule has 0 saturated carbocycles. The molecule has 1 aliphatic heterocycles. The van der Waals surface area contributed by atoms with Crippen molar-refractivity contribution in [2.75, 3.05) is 5.32 Å². The first-order valence-corrected chi connectivity index (χ1v) is 7.90. The van der Waals surface area contributed by atoms with E-state index in [1.165, 1.54) is 23.9 Å². The highest BCUT2D eigenvalue weighted by atomic mass is 32.2. The van der Waals surface area contributed by atoms with Gasteiger partial charge in [-0.15, -0.1) is 11.8 Å². The van der Waals surface area contributed by atoms with E-state index in [2.05, 4.69) is 15.5 Å². The molecule has 0 spiro atoms. The van der Waals surface area contributed by atoms with E-state index in [9.17, 15) is 18.0 Å². The van der Waals surface area contributed by atoms with Crippen molar-refractivity contribution in [2.24, 2.45) is 0 Å². The van der Waals surface area contributed by atoms with Crippen LogP contribution in [0.2, 0.25) is 0 Å². The Morgan fingerprint density at radius 1 is 1.22 bits per heavy atom. The van der Waals surface area contributed by atoms with E-state index in [1.54, 1.807) is 6.92 Å². The van der Waals surface area contributed by atoms with E-state index < -0.39 is 11.7 Å². The van der Waals surface area contributed by atoms with Crippen molar-refractivity contribution in [3.8, 4) is 0 Å². The number of anilines is 1. The smallest absolute Gasteiger partial charge is 0.308 e. The van der Waals surface area contributed by atoms with Crippen LogP contribution in [-0.4, -0.2) is 21.4 Å². The zero-order valence-corrected chi connectivity index (χ0v) is 13.2. The highest BCUT2D eigenvalue weighted by molar-refractivity contribution is 8.01. The van der Waals surface area contributed by atoms with Gasteiger partial charge in [0.1, 0.15) is 0 Å². The Labute approximate surface area is 134 Å². The average molecular weight is 341 g/mol. The third kappa shape index (κ3) is 2.95. The predicted octanol–water partition coefficient (Wildman–Crippen LogP) is 3.90. The fourth-order valence-corrected chi connectivity index (χ4v) is 3.83. The van der Waals surface area contributed by atoms with Gasteiger partial charge >= 0.3 is 6.18 Å². The van der Waals surface area contributed by atoms with Gasteiger partial charge in [-0.05, 0) is 31.5 Å². The summed E-state index contributed by atoms with van der Waals surface area (Å²) in [7, 11) is 0. The van der Waals surface area contributed by atoms with Crippen LogP contribution in [0.1, 0.15) is 34.6 Å². The molecular weight excluding hydrogens is 327 g/mol. The lowest BCUT2D eigenvalue weighted by Gasteiger charge is -2.18. The Kier molecular flexibility index (Phi) is 3.87. The summed E-state index contributed by atoms with van der Waals surface area (Å²) in [6, 6.07) is 5.05. The molecule has 0 saturated heterocycles. The quantitative estimate of drug-likeness (QED) is 0.827. The number of halogens is 3. The van der Waals surface area contributed by atoms with Crippen molar-refractivity contribution < 1.29 is 18.0 Å². The van der Waals surface area contributed by atoms with E-state index in [1.807, 2.05) is 6.92 Å². The standard InChI is InChI=1S/C15H14F3N3OS/c1-7-11-12(9-3-5-10(6-4-9)15(16,17)18)23-8(2)14(22)19-13(11)21-20-7/h3-6,8,12H,1-2H3,(H2,19,20,21,22)/t8-,12-/m0/s1. The topological polar surface area (TPSA) is 57.8 Å². The zero-order valence-electron chi connectivity index (χ0n) is 12.4. The number of hydrogen-bond acceptors (Lipinski definition) is 3. The van der Waals surface area contributed by atoms with E-state index in [0.29, 0.717) is 11.4 Å². The van der Waals surface area contributed by atoms with Gasteiger partial charge in [-0.3, -0.25) is 9.89 Å². The first-order chi connectivity index (χ1) is 10.8. The number of carbonyl (C=O) groups excluding carboxylic acids is 1. The van der Waals surface area contributed by atoms with E-state index >= 15 is 0 Å². The summed E-state index contributed by atoms with van der Waals surface area (Å²) in [6.07, 6.45) is -4.36. The number of rotatable bonds is 1.